The van der Waals surface area contributed by atoms with Crippen LogP contribution in [0, 0.1) is 11.3 Å². The fraction of sp³-hybridized carbons (Fsp3) is 0.548. The maximum absolute atomic E-state index is 12.5. The average Bonchev–Trinajstić information content (AvgIpc) is 3.48. The summed E-state index contributed by atoms with van der Waals surface area (Å²) in [6, 6.07) is 15.1. The van der Waals surface area contributed by atoms with Gasteiger partial charge in [-0.1, -0.05) is 35.9 Å². The molecule has 0 spiro atoms. The van der Waals surface area contributed by atoms with E-state index >= 15 is 0 Å². The third-order valence-corrected chi connectivity index (χ3v) is 10.0. The van der Waals surface area contributed by atoms with Crippen LogP contribution in [0.2, 0.25) is 5.02 Å². The van der Waals surface area contributed by atoms with Gasteiger partial charge in [-0.3, -0.25) is 4.79 Å². The lowest BCUT2D eigenvalue weighted by Gasteiger charge is -2.40. The highest BCUT2D eigenvalue weighted by Gasteiger charge is 2.44. The van der Waals surface area contributed by atoms with Crippen LogP contribution in [0.5, 0.6) is 5.75 Å². The summed E-state index contributed by atoms with van der Waals surface area (Å²) in [5, 5.41) is 44.2. The fourth-order valence-corrected chi connectivity index (χ4v) is 7.11. The zero-order chi connectivity index (χ0) is 31.1. The Morgan fingerprint density at radius 2 is 1.95 bits per heavy atom. The number of ether oxygens (including phenoxy) is 2. The zero-order valence-electron chi connectivity index (χ0n) is 24.6. The van der Waals surface area contributed by atoms with Gasteiger partial charge in [0.05, 0.1) is 25.1 Å². The Morgan fingerprint density at radius 1 is 1.21 bits per heavy atom. The largest absolute Gasteiger partial charge is 0.494 e. The molecule has 43 heavy (non-hydrogen) atoms. The Labute approximate surface area is 266 Å². The van der Waals surface area contributed by atoms with Gasteiger partial charge in [-0.15, -0.1) is 23.5 Å². The summed E-state index contributed by atoms with van der Waals surface area (Å²) < 4.78 is 11.9. The smallest absolute Gasteiger partial charge is 0.238 e. The molecule has 234 valence electrons. The maximum Gasteiger partial charge on any atom is 0.238 e. The van der Waals surface area contributed by atoms with E-state index in [0.717, 1.165) is 29.7 Å². The van der Waals surface area contributed by atoms with E-state index in [4.69, 9.17) is 21.1 Å². The Bertz CT molecular complexity index is 1280. The fourth-order valence-electron chi connectivity index (χ4n) is 5.15. The van der Waals surface area contributed by atoms with Crippen molar-refractivity contribution in [3.63, 3.8) is 0 Å². The van der Waals surface area contributed by atoms with Crippen LogP contribution >= 0.6 is 35.1 Å². The number of carbonyl (C=O) groups is 1. The second kappa shape index (κ2) is 15.3. The molecule has 4 N–H and O–H groups in total. The van der Waals surface area contributed by atoms with E-state index in [-0.39, 0.29) is 24.0 Å². The van der Waals surface area contributed by atoms with Gasteiger partial charge in [-0.25, -0.2) is 0 Å². The number of carbonyl (C=O) groups excluding carboxylic acids is 1. The molecule has 0 radical (unpaired) electrons. The molecule has 2 aliphatic heterocycles. The third-order valence-electron chi connectivity index (χ3n) is 7.80. The van der Waals surface area contributed by atoms with Crippen molar-refractivity contribution in [2.75, 3.05) is 31.0 Å². The molecule has 2 saturated heterocycles. The van der Waals surface area contributed by atoms with E-state index in [1.807, 2.05) is 30.3 Å². The van der Waals surface area contributed by atoms with E-state index in [0.29, 0.717) is 35.2 Å². The highest BCUT2D eigenvalue weighted by atomic mass is 35.5. The number of nitrogens with one attached hydrogen (secondary N) is 1. The lowest BCUT2D eigenvalue weighted by atomic mass is 9.92. The van der Waals surface area contributed by atoms with Gasteiger partial charge in [0.1, 0.15) is 41.6 Å². The molecule has 4 rings (SSSR count). The van der Waals surface area contributed by atoms with E-state index in [1.165, 1.54) is 11.8 Å². The minimum atomic E-state index is -1.31. The molecule has 0 unspecified atom stereocenters. The number of rotatable bonds is 12. The Morgan fingerprint density at radius 3 is 2.65 bits per heavy atom. The Hall–Kier alpha value is -2.01. The molecule has 0 aliphatic carbocycles. The molecule has 0 aromatic heterocycles. The summed E-state index contributed by atoms with van der Waals surface area (Å²) >= 11 is 9.39. The topological polar surface area (TPSA) is 135 Å². The number of nitrogens with zero attached hydrogens (tertiary/aromatic N) is 2. The van der Waals surface area contributed by atoms with Crippen molar-refractivity contribution in [2.45, 2.75) is 74.5 Å². The Balaban J connectivity index is 1.25. The molecule has 9 nitrogen and oxygen atoms in total. The van der Waals surface area contributed by atoms with Crippen molar-refractivity contribution in [1.82, 2.24) is 10.2 Å². The quantitative estimate of drug-likeness (QED) is 0.252. The molecule has 6 atom stereocenters. The van der Waals surface area contributed by atoms with Gasteiger partial charge in [0, 0.05) is 16.3 Å². The number of amides is 1. The van der Waals surface area contributed by atoms with Gasteiger partial charge < -0.3 is 35.0 Å². The van der Waals surface area contributed by atoms with Gasteiger partial charge >= 0.3 is 0 Å². The van der Waals surface area contributed by atoms with Gasteiger partial charge in [-0.2, -0.15) is 5.26 Å². The molecule has 12 heteroatoms. The highest BCUT2D eigenvalue weighted by Crippen LogP contribution is 2.37. The number of hydrogen-bond donors (Lipinski definition) is 4. The van der Waals surface area contributed by atoms with Crippen molar-refractivity contribution in [3.05, 3.63) is 64.2 Å². The second-order valence-electron chi connectivity index (χ2n) is 11.5. The average molecular weight is 650 g/mol. The molecule has 2 aromatic carbocycles. The summed E-state index contributed by atoms with van der Waals surface area (Å²) in [5.41, 5.74) is 1.65. The first-order chi connectivity index (χ1) is 20.5. The normalized spacial score (nSPS) is 25.9. The van der Waals surface area contributed by atoms with E-state index < -0.39 is 29.9 Å². The summed E-state index contributed by atoms with van der Waals surface area (Å²) in [6.45, 7) is 4.86. The van der Waals surface area contributed by atoms with Crippen LogP contribution in [0.3, 0.4) is 0 Å². The molecule has 2 heterocycles. The first-order valence-corrected chi connectivity index (χ1v) is 17.1. The van der Waals surface area contributed by atoms with Crippen LogP contribution in [0.15, 0.2) is 42.5 Å². The number of hydrogen-bond acceptors (Lipinski definition) is 10. The van der Waals surface area contributed by atoms with Crippen molar-refractivity contribution in [2.24, 2.45) is 0 Å². The van der Waals surface area contributed by atoms with Crippen molar-refractivity contribution >= 4 is 41.0 Å². The number of aliphatic hydroxyl groups is 3. The first kappa shape index (κ1) is 33.9. The van der Waals surface area contributed by atoms with Crippen LogP contribution < -0.4 is 10.1 Å². The second-order valence-corrected chi connectivity index (χ2v) is 13.8. The van der Waals surface area contributed by atoms with Crippen molar-refractivity contribution in [3.8, 4) is 11.8 Å². The SMILES string of the molecule is CS[C@H]1O[C@@H](c2ccc(Cl)c(Cc3ccc(OCCCC(C)(C)NCC(=O)N4CSC[C@@H]4C#N)cc3)c2)[C@H](O)[C@@H](O)[C@@H]1O. The predicted octanol–water partition coefficient (Wildman–Crippen LogP) is 3.73. The number of benzene rings is 2. The van der Waals surface area contributed by atoms with Crippen LogP contribution in [0.25, 0.3) is 0 Å². The number of halogens is 1. The summed E-state index contributed by atoms with van der Waals surface area (Å²) in [4.78, 5) is 14.2. The van der Waals surface area contributed by atoms with Crippen LogP contribution in [-0.4, -0.2) is 92.5 Å². The predicted molar refractivity (Wildman–Crippen MR) is 170 cm³/mol. The lowest BCUT2D eigenvalue weighted by Crippen LogP contribution is -2.52. The standard InChI is InChI=1S/C31H40ClN3O6S2/c1-31(2,34-16-25(36)35-18-43-17-22(35)15-33)11-4-12-40-23-8-5-19(6-9-23)13-21-14-20(7-10-24(21)32)29-27(38)26(37)28(39)30(41-29)42-3/h5-10,14,22,26-30,34,37-39H,4,11-13,16-18H2,1-3H3/t22-,26+,27+,28-,29-,30+/m0/s1. The first-order valence-electron chi connectivity index (χ1n) is 14.3. The van der Waals surface area contributed by atoms with Crippen molar-refractivity contribution < 1.29 is 29.6 Å². The summed E-state index contributed by atoms with van der Waals surface area (Å²) in [6.07, 6.45) is -0.592. The van der Waals surface area contributed by atoms with E-state index in [9.17, 15) is 25.4 Å². The summed E-state index contributed by atoms with van der Waals surface area (Å²) in [7, 11) is 0. The summed E-state index contributed by atoms with van der Waals surface area (Å²) in [5.74, 6) is 1.95. The zero-order valence-corrected chi connectivity index (χ0v) is 27.0. The molecule has 2 aliphatic rings. The number of aliphatic hydroxyl groups excluding tert-OH is 3. The molecular formula is C31H40ClN3O6S2. The maximum atomic E-state index is 12.5. The minimum Gasteiger partial charge on any atom is -0.494 e. The van der Waals surface area contributed by atoms with E-state index in [1.54, 1.807) is 35.1 Å². The highest BCUT2D eigenvalue weighted by molar-refractivity contribution is 7.99. The lowest BCUT2D eigenvalue weighted by molar-refractivity contribution is -0.200. The molecule has 0 bridgehead atoms. The van der Waals surface area contributed by atoms with Gasteiger partial charge in [0.15, 0.2) is 0 Å². The van der Waals surface area contributed by atoms with Gasteiger partial charge in [-0.05, 0) is 74.3 Å². The van der Waals surface area contributed by atoms with Gasteiger partial charge in [0.25, 0.3) is 0 Å². The molecule has 2 fully saturated rings. The van der Waals surface area contributed by atoms with E-state index in [2.05, 4.69) is 25.2 Å². The third kappa shape index (κ3) is 8.80. The monoisotopic (exact) mass is 649 g/mol. The molecule has 2 aromatic rings. The minimum absolute atomic E-state index is 0.0447. The van der Waals surface area contributed by atoms with Crippen LogP contribution in [0.4, 0.5) is 0 Å². The molecule has 1 amide bonds. The number of thioether (sulfide) groups is 2. The van der Waals surface area contributed by atoms with Crippen LogP contribution in [0.1, 0.15) is 49.5 Å². The van der Waals surface area contributed by atoms with Gasteiger partial charge in [0.2, 0.25) is 5.91 Å². The van der Waals surface area contributed by atoms with Crippen LogP contribution in [-0.2, 0) is 16.0 Å². The number of nitriles is 1. The Kier molecular flexibility index (Phi) is 12.1. The van der Waals surface area contributed by atoms with Crippen molar-refractivity contribution in [1.29, 1.82) is 5.26 Å². The molecule has 0 saturated carbocycles. The molecular weight excluding hydrogens is 610 g/mol.